The first-order valence-electron chi connectivity index (χ1n) is 9.38. The van der Waals surface area contributed by atoms with Gasteiger partial charge in [0.05, 0.1) is 13.2 Å². The van der Waals surface area contributed by atoms with Crippen LogP contribution in [0, 0.1) is 5.92 Å². The summed E-state index contributed by atoms with van der Waals surface area (Å²) < 4.78 is 7.62. The second kappa shape index (κ2) is 6.81. The Kier molecular flexibility index (Phi) is 4.52. The van der Waals surface area contributed by atoms with E-state index in [2.05, 4.69) is 35.4 Å². The molecule has 2 aliphatic heterocycles. The van der Waals surface area contributed by atoms with Gasteiger partial charge >= 0.3 is 0 Å². The fraction of sp³-hybridized carbons (Fsp3) is 0.550. The van der Waals surface area contributed by atoms with E-state index in [4.69, 9.17) is 4.74 Å². The number of hydrogen-bond acceptors (Lipinski definition) is 3. The molecule has 2 aliphatic rings. The SMILES string of the molecule is CCn1c(C(=O)N2C[C@H](C)[C@@H](N3CCOCC3)C2)cc2ccccc21. The lowest BCUT2D eigenvalue weighted by molar-refractivity contribution is 0.0119. The van der Waals surface area contributed by atoms with Gasteiger partial charge in [-0.15, -0.1) is 0 Å². The van der Waals surface area contributed by atoms with Crippen molar-refractivity contribution in [2.45, 2.75) is 26.4 Å². The number of ether oxygens (including phenoxy) is 1. The topological polar surface area (TPSA) is 37.7 Å². The Morgan fingerprint density at radius 1 is 1.20 bits per heavy atom. The average Bonchev–Trinajstić information content (AvgIpc) is 3.22. The molecule has 1 aromatic heterocycles. The van der Waals surface area contributed by atoms with Crippen LogP contribution in [0.15, 0.2) is 30.3 Å². The number of aromatic nitrogens is 1. The summed E-state index contributed by atoms with van der Waals surface area (Å²) in [5.41, 5.74) is 1.96. The zero-order chi connectivity index (χ0) is 17.4. The van der Waals surface area contributed by atoms with Crippen LogP contribution in [0.2, 0.25) is 0 Å². The Labute approximate surface area is 149 Å². The first kappa shape index (κ1) is 16.6. The fourth-order valence-corrected chi connectivity index (χ4v) is 4.39. The van der Waals surface area contributed by atoms with E-state index in [0.29, 0.717) is 12.0 Å². The van der Waals surface area contributed by atoms with Crippen LogP contribution in [0.4, 0.5) is 0 Å². The van der Waals surface area contributed by atoms with Gasteiger partial charge in [-0.3, -0.25) is 9.69 Å². The number of rotatable bonds is 3. The van der Waals surface area contributed by atoms with Crippen molar-refractivity contribution in [2.75, 3.05) is 39.4 Å². The lowest BCUT2D eigenvalue weighted by Gasteiger charge is -2.34. The van der Waals surface area contributed by atoms with Crippen molar-refractivity contribution in [3.8, 4) is 0 Å². The maximum absolute atomic E-state index is 13.2. The fourth-order valence-electron chi connectivity index (χ4n) is 4.39. The highest BCUT2D eigenvalue weighted by Gasteiger charge is 2.37. The monoisotopic (exact) mass is 341 g/mol. The minimum Gasteiger partial charge on any atom is -0.379 e. The highest BCUT2D eigenvalue weighted by molar-refractivity contribution is 5.99. The molecule has 2 atom stereocenters. The molecule has 3 heterocycles. The van der Waals surface area contributed by atoms with E-state index in [1.165, 1.54) is 0 Å². The number of carbonyl (C=O) groups is 1. The average molecular weight is 341 g/mol. The number of amides is 1. The number of aryl methyl sites for hydroxylation is 1. The number of hydrogen-bond donors (Lipinski definition) is 0. The second-order valence-corrected chi connectivity index (χ2v) is 7.24. The molecule has 0 spiro atoms. The Morgan fingerprint density at radius 3 is 2.72 bits per heavy atom. The summed E-state index contributed by atoms with van der Waals surface area (Å²) >= 11 is 0. The minimum absolute atomic E-state index is 0.167. The zero-order valence-electron chi connectivity index (χ0n) is 15.1. The van der Waals surface area contributed by atoms with Crippen LogP contribution in [0.1, 0.15) is 24.3 Å². The van der Waals surface area contributed by atoms with Crippen molar-refractivity contribution in [3.05, 3.63) is 36.0 Å². The van der Waals surface area contributed by atoms with Crippen molar-refractivity contribution in [1.29, 1.82) is 0 Å². The molecule has 134 valence electrons. The van der Waals surface area contributed by atoms with Gasteiger partial charge in [-0.1, -0.05) is 25.1 Å². The van der Waals surface area contributed by atoms with E-state index in [-0.39, 0.29) is 5.91 Å². The lowest BCUT2D eigenvalue weighted by atomic mass is 10.0. The van der Waals surface area contributed by atoms with Crippen LogP contribution < -0.4 is 0 Å². The van der Waals surface area contributed by atoms with E-state index in [0.717, 1.165) is 62.5 Å². The first-order chi connectivity index (χ1) is 12.2. The predicted molar refractivity (Wildman–Crippen MR) is 98.9 cm³/mol. The standard InChI is InChI=1S/C20H27N3O2/c1-3-23-17-7-5-4-6-16(17)12-18(23)20(24)22-13-15(2)19(14-22)21-8-10-25-11-9-21/h4-7,12,15,19H,3,8-11,13-14H2,1-2H3/t15-,19-/m0/s1. The van der Waals surface area contributed by atoms with Crippen molar-refractivity contribution in [2.24, 2.45) is 5.92 Å². The Bertz CT molecular complexity index is 763. The maximum atomic E-state index is 13.2. The molecule has 0 unspecified atom stereocenters. The number of fused-ring (bicyclic) bond motifs is 1. The van der Waals surface area contributed by atoms with E-state index in [9.17, 15) is 4.79 Å². The van der Waals surface area contributed by atoms with Crippen LogP contribution >= 0.6 is 0 Å². The van der Waals surface area contributed by atoms with Gasteiger partial charge in [0.2, 0.25) is 0 Å². The third-order valence-electron chi connectivity index (χ3n) is 5.72. The molecule has 0 aliphatic carbocycles. The summed E-state index contributed by atoms with van der Waals surface area (Å²) in [5.74, 6) is 0.669. The zero-order valence-corrected chi connectivity index (χ0v) is 15.1. The summed E-state index contributed by atoms with van der Waals surface area (Å²) in [6.07, 6.45) is 0. The minimum atomic E-state index is 0.167. The summed E-state index contributed by atoms with van der Waals surface area (Å²) in [5, 5.41) is 1.14. The van der Waals surface area contributed by atoms with E-state index in [1.54, 1.807) is 0 Å². The van der Waals surface area contributed by atoms with Gasteiger partial charge in [-0.25, -0.2) is 0 Å². The van der Waals surface area contributed by atoms with E-state index < -0.39 is 0 Å². The van der Waals surface area contributed by atoms with Crippen molar-refractivity contribution < 1.29 is 9.53 Å². The predicted octanol–water partition coefficient (Wildman–Crippen LogP) is 2.45. The molecule has 0 N–H and O–H groups in total. The van der Waals surface area contributed by atoms with Gasteiger partial charge in [0.25, 0.3) is 5.91 Å². The van der Waals surface area contributed by atoms with Gasteiger partial charge in [0, 0.05) is 49.7 Å². The van der Waals surface area contributed by atoms with Crippen LogP contribution in [-0.2, 0) is 11.3 Å². The molecule has 5 nitrogen and oxygen atoms in total. The number of likely N-dealkylation sites (tertiary alicyclic amines) is 1. The van der Waals surface area contributed by atoms with Gasteiger partial charge in [0.15, 0.2) is 0 Å². The quantitative estimate of drug-likeness (QED) is 0.861. The van der Waals surface area contributed by atoms with Crippen LogP contribution in [0.3, 0.4) is 0 Å². The Morgan fingerprint density at radius 2 is 1.96 bits per heavy atom. The van der Waals surface area contributed by atoms with Crippen molar-refractivity contribution >= 4 is 16.8 Å². The third kappa shape index (κ3) is 2.96. The lowest BCUT2D eigenvalue weighted by Crippen LogP contribution is -2.47. The Hall–Kier alpha value is -1.85. The molecule has 0 bridgehead atoms. The molecule has 25 heavy (non-hydrogen) atoms. The second-order valence-electron chi connectivity index (χ2n) is 7.24. The summed E-state index contributed by atoms with van der Waals surface area (Å²) in [6, 6.07) is 10.7. The number of carbonyl (C=O) groups excluding carboxylic acids is 1. The van der Waals surface area contributed by atoms with Gasteiger partial charge in [-0.2, -0.15) is 0 Å². The molecular formula is C20H27N3O2. The highest BCUT2D eigenvalue weighted by atomic mass is 16.5. The third-order valence-corrected chi connectivity index (χ3v) is 5.72. The number of morpholine rings is 1. The van der Waals surface area contributed by atoms with Crippen LogP contribution in [-0.4, -0.2) is 65.7 Å². The molecule has 2 saturated heterocycles. The number of benzene rings is 1. The molecule has 2 fully saturated rings. The van der Waals surface area contributed by atoms with Gasteiger partial charge in [0.1, 0.15) is 5.69 Å². The van der Waals surface area contributed by atoms with Gasteiger partial charge in [-0.05, 0) is 25.0 Å². The maximum Gasteiger partial charge on any atom is 0.270 e. The molecule has 1 amide bonds. The van der Waals surface area contributed by atoms with Crippen LogP contribution in [0.5, 0.6) is 0 Å². The van der Waals surface area contributed by atoms with Crippen LogP contribution in [0.25, 0.3) is 10.9 Å². The molecule has 0 saturated carbocycles. The molecule has 0 radical (unpaired) electrons. The normalized spacial score (nSPS) is 25.0. The van der Waals surface area contributed by atoms with E-state index in [1.807, 2.05) is 23.1 Å². The van der Waals surface area contributed by atoms with E-state index >= 15 is 0 Å². The largest absolute Gasteiger partial charge is 0.379 e. The molecule has 4 rings (SSSR count). The molecular weight excluding hydrogens is 314 g/mol. The highest BCUT2D eigenvalue weighted by Crippen LogP contribution is 2.26. The molecule has 2 aromatic rings. The summed E-state index contributed by atoms with van der Waals surface area (Å²) in [4.78, 5) is 17.8. The number of nitrogens with zero attached hydrogens (tertiary/aromatic N) is 3. The smallest absolute Gasteiger partial charge is 0.270 e. The molecule has 5 heteroatoms. The van der Waals surface area contributed by atoms with Crippen molar-refractivity contribution in [3.63, 3.8) is 0 Å². The Balaban J connectivity index is 1.57. The summed E-state index contributed by atoms with van der Waals surface area (Å²) in [7, 11) is 0. The summed E-state index contributed by atoms with van der Waals surface area (Å²) in [6.45, 7) is 10.4. The van der Waals surface area contributed by atoms with Crippen molar-refractivity contribution in [1.82, 2.24) is 14.4 Å². The molecule has 1 aromatic carbocycles. The number of para-hydroxylation sites is 1. The van der Waals surface area contributed by atoms with Gasteiger partial charge < -0.3 is 14.2 Å². The first-order valence-corrected chi connectivity index (χ1v) is 9.38.